The van der Waals surface area contributed by atoms with E-state index in [4.69, 9.17) is 4.74 Å². The summed E-state index contributed by atoms with van der Waals surface area (Å²) in [5.74, 6) is 2.31. The Bertz CT molecular complexity index is 1220. The van der Waals surface area contributed by atoms with E-state index in [2.05, 4.69) is 71.5 Å². The van der Waals surface area contributed by atoms with Crippen LogP contribution < -0.4 is 15.5 Å². The van der Waals surface area contributed by atoms with Crippen molar-refractivity contribution in [3.8, 4) is 11.1 Å². The number of hydrogen-bond acceptors (Lipinski definition) is 6. The molecule has 2 aromatic carbocycles. The van der Waals surface area contributed by atoms with Gasteiger partial charge < -0.3 is 20.3 Å². The Morgan fingerprint density at radius 2 is 1.81 bits per heavy atom. The molecule has 0 bridgehead atoms. The number of ether oxygens (including phenoxy) is 1. The number of morpholine rings is 1. The molecule has 3 aliphatic heterocycles. The molecule has 0 aromatic heterocycles. The highest BCUT2D eigenvalue weighted by Gasteiger charge is 2.33. The zero-order valence-corrected chi connectivity index (χ0v) is 26.6. The summed E-state index contributed by atoms with van der Waals surface area (Å²) in [4.78, 5) is 31.4. The molecule has 0 radical (unpaired) electrons. The van der Waals surface area contributed by atoms with Crippen molar-refractivity contribution in [2.75, 3.05) is 55.8 Å². The molecule has 0 spiro atoms. The van der Waals surface area contributed by atoms with Crippen LogP contribution in [-0.2, 0) is 16.1 Å². The predicted octanol–water partition coefficient (Wildman–Crippen LogP) is 5.11. The maximum absolute atomic E-state index is 13.8. The SMILES string of the molecule is CCN(c1cc(-c2ccc(CN3CCOCC3)cc2)cc(C(=O)NCC2C(=O)NC(C)CC2C)c1C)C1CCSCC1. The van der Waals surface area contributed by atoms with Gasteiger partial charge in [0.05, 0.1) is 19.1 Å². The first kappa shape index (κ1) is 30.9. The number of carbonyl (C=O) groups excluding carboxylic acids is 2. The highest BCUT2D eigenvalue weighted by molar-refractivity contribution is 7.99. The number of piperidine rings is 1. The van der Waals surface area contributed by atoms with Crippen LogP contribution in [-0.4, -0.2) is 79.7 Å². The summed E-state index contributed by atoms with van der Waals surface area (Å²) in [5.41, 5.74) is 6.30. The fourth-order valence-electron chi connectivity index (χ4n) is 6.82. The van der Waals surface area contributed by atoms with Crippen molar-refractivity contribution in [3.05, 3.63) is 53.1 Å². The molecule has 2 aromatic rings. The molecule has 3 atom stereocenters. The van der Waals surface area contributed by atoms with E-state index in [0.717, 1.165) is 81.0 Å². The molecule has 5 rings (SSSR count). The average Bonchev–Trinajstić information content (AvgIpc) is 2.99. The van der Waals surface area contributed by atoms with Crippen molar-refractivity contribution in [1.82, 2.24) is 15.5 Å². The Labute approximate surface area is 256 Å². The minimum Gasteiger partial charge on any atom is -0.379 e. The number of hydrogen-bond donors (Lipinski definition) is 2. The van der Waals surface area contributed by atoms with Crippen LogP contribution in [0.3, 0.4) is 0 Å². The highest BCUT2D eigenvalue weighted by Crippen LogP contribution is 2.35. The third kappa shape index (κ3) is 7.32. The monoisotopic (exact) mass is 592 g/mol. The Balaban J connectivity index is 1.42. The Hall–Kier alpha value is -2.55. The van der Waals surface area contributed by atoms with E-state index in [1.54, 1.807) is 0 Å². The minimum absolute atomic E-state index is 0.0391. The molecule has 2 amide bonds. The van der Waals surface area contributed by atoms with E-state index in [0.29, 0.717) is 18.2 Å². The van der Waals surface area contributed by atoms with E-state index in [1.807, 2.05) is 24.8 Å². The number of benzene rings is 2. The molecule has 3 saturated heterocycles. The zero-order chi connectivity index (χ0) is 29.6. The number of anilines is 1. The van der Waals surface area contributed by atoms with Crippen molar-refractivity contribution in [2.45, 2.75) is 65.6 Å². The molecule has 8 heteroatoms. The summed E-state index contributed by atoms with van der Waals surface area (Å²) < 4.78 is 5.51. The van der Waals surface area contributed by atoms with Crippen LogP contribution >= 0.6 is 11.8 Å². The van der Waals surface area contributed by atoms with Gasteiger partial charge in [0, 0.05) is 56.1 Å². The number of nitrogens with one attached hydrogen (secondary N) is 2. The van der Waals surface area contributed by atoms with Gasteiger partial charge in [-0.3, -0.25) is 14.5 Å². The van der Waals surface area contributed by atoms with Gasteiger partial charge in [0.2, 0.25) is 5.91 Å². The molecule has 42 heavy (non-hydrogen) atoms. The summed E-state index contributed by atoms with van der Waals surface area (Å²) in [5, 5.41) is 6.20. The van der Waals surface area contributed by atoms with Crippen molar-refractivity contribution in [2.24, 2.45) is 11.8 Å². The fourth-order valence-corrected chi connectivity index (χ4v) is 7.90. The normalized spacial score (nSPS) is 23.8. The lowest BCUT2D eigenvalue weighted by molar-refractivity contribution is -0.129. The van der Waals surface area contributed by atoms with E-state index in [-0.39, 0.29) is 29.7 Å². The lowest BCUT2D eigenvalue weighted by Gasteiger charge is -2.37. The second kappa shape index (κ2) is 14.3. The van der Waals surface area contributed by atoms with Gasteiger partial charge in [-0.2, -0.15) is 11.8 Å². The second-order valence-corrected chi connectivity index (χ2v) is 13.5. The first-order valence-corrected chi connectivity index (χ1v) is 17.0. The van der Waals surface area contributed by atoms with Crippen molar-refractivity contribution in [1.29, 1.82) is 0 Å². The van der Waals surface area contributed by atoms with Crippen LogP contribution in [0, 0.1) is 18.8 Å². The second-order valence-electron chi connectivity index (χ2n) is 12.3. The predicted molar refractivity (Wildman–Crippen MR) is 173 cm³/mol. The van der Waals surface area contributed by atoms with Crippen molar-refractivity contribution >= 4 is 29.3 Å². The maximum atomic E-state index is 13.8. The molecule has 7 nitrogen and oxygen atoms in total. The molecule has 3 unspecified atom stereocenters. The number of carbonyl (C=O) groups is 2. The van der Waals surface area contributed by atoms with Gasteiger partial charge in [0.15, 0.2) is 0 Å². The van der Waals surface area contributed by atoms with Crippen LogP contribution in [0.25, 0.3) is 11.1 Å². The molecular weight excluding hydrogens is 544 g/mol. The highest BCUT2D eigenvalue weighted by atomic mass is 32.2. The summed E-state index contributed by atoms with van der Waals surface area (Å²) >= 11 is 2.03. The van der Waals surface area contributed by atoms with Crippen LogP contribution in [0.5, 0.6) is 0 Å². The van der Waals surface area contributed by atoms with Crippen LogP contribution in [0.4, 0.5) is 5.69 Å². The van der Waals surface area contributed by atoms with Gasteiger partial charge in [-0.25, -0.2) is 0 Å². The summed E-state index contributed by atoms with van der Waals surface area (Å²) in [6, 6.07) is 13.8. The standard InChI is InChI=1S/C34H48N4O3S/c1-5-38(29-10-16-42-17-11-29)32-20-28(27-8-6-26(7-9-27)22-37-12-14-41-15-13-37)19-30(25(32)4)33(39)35-21-31-23(2)18-24(3)36-34(31)40/h6-9,19-20,23-24,29,31H,5,10-18,21-22H2,1-4H3,(H,35,39)(H,36,40). The van der Waals surface area contributed by atoms with Gasteiger partial charge in [-0.1, -0.05) is 31.2 Å². The lowest BCUT2D eigenvalue weighted by atomic mass is 9.84. The fraction of sp³-hybridized carbons (Fsp3) is 0.588. The molecule has 228 valence electrons. The molecular formula is C34H48N4O3S. The van der Waals surface area contributed by atoms with Gasteiger partial charge >= 0.3 is 0 Å². The number of amides is 2. The van der Waals surface area contributed by atoms with E-state index >= 15 is 0 Å². The Kier molecular flexibility index (Phi) is 10.5. The largest absolute Gasteiger partial charge is 0.379 e. The van der Waals surface area contributed by atoms with E-state index in [9.17, 15) is 9.59 Å². The van der Waals surface area contributed by atoms with Gasteiger partial charge in [-0.05, 0) is 91.8 Å². The summed E-state index contributed by atoms with van der Waals surface area (Å²) in [6.07, 6.45) is 3.25. The maximum Gasteiger partial charge on any atom is 0.251 e. The first-order valence-electron chi connectivity index (χ1n) is 15.8. The third-order valence-corrected chi connectivity index (χ3v) is 10.4. The van der Waals surface area contributed by atoms with E-state index in [1.165, 1.54) is 17.1 Å². The molecule has 2 N–H and O–H groups in total. The van der Waals surface area contributed by atoms with Crippen molar-refractivity contribution in [3.63, 3.8) is 0 Å². The summed E-state index contributed by atoms with van der Waals surface area (Å²) in [7, 11) is 0. The number of nitrogens with zero attached hydrogens (tertiary/aromatic N) is 2. The smallest absolute Gasteiger partial charge is 0.251 e. The molecule has 3 aliphatic rings. The van der Waals surface area contributed by atoms with Crippen molar-refractivity contribution < 1.29 is 14.3 Å². The van der Waals surface area contributed by atoms with E-state index < -0.39 is 0 Å². The molecule has 3 fully saturated rings. The third-order valence-electron chi connectivity index (χ3n) is 9.32. The molecule has 0 aliphatic carbocycles. The Morgan fingerprint density at radius 1 is 1.10 bits per heavy atom. The molecule has 0 saturated carbocycles. The number of rotatable bonds is 9. The minimum atomic E-state index is -0.209. The zero-order valence-electron chi connectivity index (χ0n) is 25.8. The van der Waals surface area contributed by atoms with Crippen LogP contribution in [0.1, 0.15) is 61.5 Å². The number of thioether (sulfide) groups is 1. The quantitative estimate of drug-likeness (QED) is 0.422. The lowest BCUT2D eigenvalue weighted by Crippen LogP contribution is -2.50. The first-order chi connectivity index (χ1) is 20.3. The van der Waals surface area contributed by atoms with Crippen LogP contribution in [0.15, 0.2) is 36.4 Å². The van der Waals surface area contributed by atoms with Crippen LogP contribution in [0.2, 0.25) is 0 Å². The van der Waals surface area contributed by atoms with Gasteiger partial charge in [0.1, 0.15) is 0 Å². The molecule has 3 heterocycles. The summed E-state index contributed by atoms with van der Waals surface area (Å²) in [6.45, 7) is 14.2. The van der Waals surface area contributed by atoms with Gasteiger partial charge in [0.25, 0.3) is 5.91 Å². The average molecular weight is 593 g/mol. The Morgan fingerprint density at radius 3 is 2.48 bits per heavy atom. The topological polar surface area (TPSA) is 73.9 Å². The van der Waals surface area contributed by atoms with Gasteiger partial charge in [-0.15, -0.1) is 0 Å².